The number of hydrogen-bond donors (Lipinski definition) is 2. The zero-order valence-electron chi connectivity index (χ0n) is 5.67. The fraction of sp³-hybridized carbons (Fsp3) is 0.571. The first-order valence-electron chi connectivity index (χ1n) is 3.55. The van der Waals surface area contributed by atoms with Crippen molar-refractivity contribution in [2.75, 3.05) is 0 Å². The second kappa shape index (κ2) is 2.09. The number of fused-ring (bicyclic) bond motifs is 1. The van der Waals surface area contributed by atoms with Crippen LogP contribution in [0.15, 0.2) is 6.20 Å². The van der Waals surface area contributed by atoms with Gasteiger partial charge in [0.25, 0.3) is 0 Å². The van der Waals surface area contributed by atoms with Gasteiger partial charge in [0.1, 0.15) is 0 Å². The van der Waals surface area contributed by atoms with Crippen molar-refractivity contribution in [1.29, 1.82) is 0 Å². The Labute approximate surface area is 59.1 Å². The van der Waals surface area contributed by atoms with Gasteiger partial charge >= 0.3 is 0 Å². The van der Waals surface area contributed by atoms with E-state index >= 15 is 0 Å². The van der Waals surface area contributed by atoms with Gasteiger partial charge in [-0.2, -0.15) is 5.10 Å². The lowest BCUT2D eigenvalue weighted by Crippen LogP contribution is -2.17. The molecule has 1 aromatic rings. The smallest absolute Gasteiger partial charge is 0.0585 e. The number of hydrogen-bond acceptors (Lipinski definition) is 2. The lowest BCUT2D eigenvalue weighted by Gasteiger charge is -2.15. The van der Waals surface area contributed by atoms with E-state index in [1.165, 1.54) is 11.3 Å². The van der Waals surface area contributed by atoms with Gasteiger partial charge in [-0.15, -0.1) is 0 Å². The Kier molecular flexibility index (Phi) is 1.24. The maximum atomic E-state index is 9.23. The molecule has 1 atom stereocenters. The van der Waals surface area contributed by atoms with Crippen molar-refractivity contribution in [3.05, 3.63) is 17.5 Å². The summed E-state index contributed by atoms with van der Waals surface area (Å²) < 4.78 is 0. The minimum Gasteiger partial charge on any atom is -0.393 e. The van der Waals surface area contributed by atoms with Gasteiger partial charge in [0, 0.05) is 12.1 Å². The molecule has 1 heterocycles. The topological polar surface area (TPSA) is 48.9 Å². The van der Waals surface area contributed by atoms with E-state index in [1.54, 1.807) is 6.20 Å². The molecule has 0 aromatic carbocycles. The number of aliphatic hydroxyl groups excluding tert-OH is 1. The molecule has 0 bridgehead atoms. The summed E-state index contributed by atoms with van der Waals surface area (Å²) in [5, 5.41) is 16.1. The lowest BCUT2D eigenvalue weighted by molar-refractivity contribution is 0.158. The highest BCUT2D eigenvalue weighted by atomic mass is 16.3. The Morgan fingerprint density at radius 1 is 1.70 bits per heavy atom. The lowest BCUT2D eigenvalue weighted by atomic mass is 9.96. The molecule has 2 rings (SSSR count). The molecule has 0 saturated heterocycles. The van der Waals surface area contributed by atoms with Crippen LogP contribution in [-0.4, -0.2) is 21.4 Å². The van der Waals surface area contributed by atoms with Crippen molar-refractivity contribution in [3.8, 4) is 0 Å². The van der Waals surface area contributed by atoms with Crippen LogP contribution < -0.4 is 0 Å². The first kappa shape index (κ1) is 5.92. The van der Waals surface area contributed by atoms with Crippen LogP contribution in [0.3, 0.4) is 0 Å². The minimum atomic E-state index is -0.148. The Balaban J connectivity index is 2.30. The summed E-state index contributed by atoms with van der Waals surface area (Å²) in [5.41, 5.74) is 2.38. The molecule has 0 saturated carbocycles. The van der Waals surface area contributed by atoms with Crippen LogP contribution in [0.1, 0.15) is 17.7 Å². The Bertz CT molecular complexity index is 231. The summed E-state index contributed by atoms with van der Waals surface area (Å²) in [6.45, 7) is 0. The van der Waals surface area contributed by atoms with Crippen LogP contribution in [-0.2, 0) is 12.8 Å². The average molecular weight is 138 g/mol. The summed E-state index contributed by atoms with van der Waals surface area (Å²) in [5.74, 6) is 0. The van der Waals surface area contributed by atoms with Crippen LogP contribution in [0.5, 0.6) is 0 Å². The normalized spacial score (nSPS) is 24.3. The predicted molar refractivity (Wildman–Crippen MR) is 36.6 cm³/mol. The van der Waals surface area contributed by atoms with Gasteiger partial charge in [0.15, 0.2) is 0 Å². The van der Waals surface area contributed by atoms with Crippen molar-refractivity contribution in [1.82, 2.24) is 10.2 Å². The number of nitrogens with one attached hydrogen (secondary N) is 1. The summed E-state index contributed by atoms with van der Waals surface area (Å²) in [4.78, 5) is 0. The van der Waals surface area contributed by atoms with Crippen LogP contribution >= 0.6 is 0 Å². The molecular weight excluding hydrogens is 128 g/mol. The number of aromatic nitrogens is 2. The summed E-state index contributed by atoms with van der Waals surface area (Å²) >= 11 is 0. The predicted octanol–water partition coefficient (Wildman–Crippen LogP) is 0.259. The average Bonchev–Trinajstić information content (AvgIpc) is 2.33. The quantitative estimate of drug-likeness (QED) is 0.540. The summed E-state index contributed by atoms with van der Waals surface area (Å²) in [7, 11) is 0. The fourth-order valence-corrected chi connectivity index (χ4v) is 1.40. The van der Waals surface area contributed by atoms with E-state index in [4.69, 9.17) is 0 Å². The number of aliphatic hydroxyl groups is 1. The molecular formula is C7H10N2O. The molecule has 10 heavy (non-hydrogen) atoms. The van der Waals surface area contributed by atoms with Crippen LogP contribution in [0.2, 0.25) is 0 Å². The summed E-state index contributed by atoms with van der Waals surface area (Å²) in [6, 6.07) is 0. The molecule has 0 spiro atoms. The van der Waals surface area contributed by atoms with Crippen molar-refractivity contribution >= 4 is 0 Å². The first-order valence-corrected chi connectivity index (χ1v) is 3.55. The molecule has 2 N–H and O–H groups in total. The van der Waals surface area contributed by atoms with E-state index in [0.29, 0.717) is 0 Å². The number of aromatic amines is 1. The van der Waals surface area contributed by atoms with Crippen molar-refractivity contribution < 1.29 is 5.11 Å². The van der Waals surface area contributed by atoms with Crippen LogP contribution in [0, 0.1) is 0 Å². The molecule has 3 nitrogen and oxygen atoms in total. The second-order valence-electron chi connectivity index (χ2n) is 2.77. The third-order valence-corrected chi connectivity index (χ3v) is 1.99. The monoisotopic (exact) mass is 138 g/mol. The van der Waals surface area contributed by atoms with Crippen molar-refractivity contribution in [2.45, 2.75) is 25.4 Å². The molecule has 0 amide bonds. The zero-order chi connectivity index (χ0) is 6.97. The Hall–Kier alpha value is -0.830. The molecule has 1 aliphatic rings. The van der Waals surface area contributed by atoms with Crippen LogP contribution in [0.25, 0.3) is 0 Å². The molecule has 3 heteroatoms. The SMILES string of the molecule is OC1CCc2[nH]ncc2C1. The first-order chi connectivity index (χ1) is 4.86. The number of rotatable bonds is 0. The van der Waals surface area contributed by atoms with Gasteiger partial charge in [-0.25, -0.2) is 0 Å². The molecule has 0 aliphatic heterocycles. The third-order valence-electron chi connectivity index (χ3n) is 1.99. The van der Waals surface area contributed by atoms with Crippen molar-refractivity contribution in [3.63, 3.8) is 0 Å². The van der Waals surface area contributed by atoms with Gasteiger partial charge in [0.2, 0.25) is 0 Å². The maximum absolute atomic E-state index is 9.23. The van der Waals surface area contributed by atoms with E-state index in [0.717, 1.165) is 19.3 Å². The molecule has 0 radical (unpaired) electrons. The van der Waals surface area contributed by atoms with Gasteiger partial charge in [-0.3, -0.25) is 5.10 Å². The van der Waals surface area contributed by atoms with Gasteiger partial charge in [-0.05, 0) is 18.4 Å². The molecule has 1 unspecified atom stereocenters. The Morgan fingerprint density at radius 2 is 2.60 bits per heavy atom. The number of aryl methyl sites for hydroxylation is 1. The standard InChI is InChI=1S/C7H10N2O/c10-6-1-2-7-5(3-6)4-8-9-7/h4,6,10H,1-3H2,(H,8,9). The van der Waals surface area contributed by atoms with E-state index in [1.807, 2.05) is 0 Å². The van der Waals surface area contributed by atoms with Crippen LogP contribution in [0.4, 0.5) is 0 Å². The zero-order valence-corrected chi connectivity index (χ0v) is 5.67. The molecule has 54 valence electrons. The van der Waals surface area contributed by atoms with E-state index in [9.17, 15) is 5.11 Å². The highest BCUT2D eigenvalue weighted by Crippen LogP contribution is 2.17. The molecule has 1 aromatic heterocycles. The van der Waals surface area contributed by atoms with E-state index < -0.39 is 0 Å². The largest absolute Gasteiger partial charge is 0.393 e. The third kappa shape index (κ3) is 0.827. The second-order valence-corrected chi connectivity index (χ2v) is 2.77. The fourth-order valence-electron chi connectivity index (χ4n) is 1.40. The van der Waals surface area contributed by atoms with Gasteiger partial charge in [0.05, 0.1) is 12.3 Å². The molecule has 1 aliphatic carbocycles. The maximum Gasteiger partial charge on any atom is 0.0585 e. The highest BCUT2D eigenvalue weighted by Gasteiger charge is 2.16. The van der Waals surface area contributed by atoms with Crippen molar-refractivity contribution in [2.24, 2.45) is 0 Å². The summed E-state index contributed by atoms with van der Waals surface area (Å²) in [6.07, 6.45) is 4.24. The van der Waals surface area contributed by atoms with Gasteiger partial charge in [-0.1, -0.05) is 0 Å². The molecule has 0 fully saturated rings. The number of nitrogens with zero attached hydrogens (tertiary/aromatic N) is 1. The van der Waals surface area contributed by atoms with E-state index in [2.05, 4.69) is 10.2 Å². The highest BCUT2D eigenvalue weighted by molar-refractivity contribution is 5.20. The Morgan fingerprint density at radius 3 is 3.50 bits per heavy atom. The van der Waals surface area contributed by atoms with E-state index in [-0.39, 0.29) is 6.10 Å². The minimum absolute atomic E-state index is 0.148. The van der Waals surface area contributed by atoms with Gasteiger partial charge < -0.3 is 5.11 Å². The number of H-pyrrole nitrogens is 1.